The SMILES string of the molecule is NCCCCC(NC(=O)C(N)Cc1c[nH]c2ccccc12)C(=O)NC(CCCN=C(N)N)C(=O)NC(CC(N)=O)C(=O)O. The van der Waals surface area contributed by atoms with E-state index in [1.165, 1.54) is 0 Å². The number of benzene rings is 1. The molecule has 1 heterocycles. The minimum absolute atomic E-state index is 0.0147. The number of nitrogens with two attached hydrogens (primary N) is 5. The van der Waals surface area contributed by atoms with Gasteiger partial charge >= 0.3 is 5.97 Å². The molecule has 0 spiro atoms. The molecule has 2 aromatic rings. The molecular formula is C27H42N10O6. The number of carbonyl (C=O) groups excluding carboxylic acids is 4. The summed E-state index contributed by atoms with van der Waals surface area (Å²) in [6.07, 6.45) is 2.86. The topological polar surface area (TPSA) is 300 Å². The molecule has 15 N–H and O–H groups in total. The first-order chi connectivity index (χ1) is 20.4. The van der Waals surface area contributed by atoms with Crippen molar-refractivity contribution in [1.29, 1.82) is 0 Å². The van der Waals surface area contributed by atoms with Gasteiger partial charge in [-0.15, -0.1) is 0 Å². The van der Waals surface area contributed by atoms with Crippen molar-refractivity contribution in [3.05, 3.63) is 36.0 Å². The van der Waals surface area contributed by atoms with Crippen molar-refractivity contribution in [1.82, 2.24) is 20.9 Å². The summed E-state index contributed by atoms with van der Waals surface area (Å²) in [5, 5.41) is 17.8. The van der Waals surface area contributed by atoms with Crippen molar-refractivity contribution in [3.63, 3.8) is 0 Å². The summed E-state index contributed by atoms with van der Waals surface area (Å²) in [5.74, 6) is -4.70. The average molecular weight is 603 g/mol. The number of nitrogens with zero attached hydrogens (tertiary/aromatic N) is 1. The third-order valence-electron chi connectivity index (χ3n) is 6.63. The summed E-state index contributed by atoms with van der Waals surface area (Å²) in [7, 11) is 0. The number of aliphatic imine (C=N–C) groups is 1. The van der Waals surface area contributed by atoms with Crippen LogP contribution in [0.2, 0.25) is 0 Å². The van der Waals surface area contributed by atoms with Gasteiger partial charge in [-0.2, -0.15) is 0 Å². The highest BCUT2D eigenvalue weighted by Crippen LogP contribution is 2.19. The third-order valence-corrected chi connectivity index (χ3v) is 6.63. The number of H-pyrrole nitrogens is 1. The molecular weight excluding hydrogens is 560 g/mol. The first-order valence-electron chi connectivity index (χ1n) is 13.9. The van der Waals surface area contributed by atoms with Crippen molar-refractivity contribution in [2.75, 3.05) is 13.1 Å². The molecule has 236 valence electrons. The molecule has 0 aliphatic heterocycles. The Morgan fingerprint density at radius 3 is 2.07 bits per heavy atom. The van der Waals surface area contributed by atoms with E-state index >= 15 is 0 Å². The van der Waals surface area contributed by atoms with E-state index in [1.54, 1.807) is 6.20 Å². The van der Waals surface area contributed by atoms with Crippen molar-refractivity contribution < 1.29 is 29.1 Å². The molecule has 1 aromatic carbocycles. The quantitative estimate of drug-likeness (QED) is 0.0463. The number of hydrogen-bond donors (Lipinski definition) is 10. The van der Waals surface area contributed by atoms with Gasteiger partial charge in [-0.05, 0) is 56.7 Å². The number of fused-ring (bicyclic) bond motifs is 1. The fourth-order valence-corrected chi connectivity index (χ4v) is 4.39. The minimum atomic E-state index is -1.61. The van der Waals surface area contributed by atoms with E-state index in [0.717, 1.165) is 16.5 Å². The second-order valence-corrected chi connectivity index (χ2v) is 10.1. The van der Waals surface area contributed by atoms with Crippen LogP contribution in [0.1, 0.15) is 44.1 Å². The fraction of sp³-hybridized carbons (Fsp3) is 0.481. The summed E-state index contributed by atoms with van der Waals surface area (Å²) >= 11 is 0. The smallest absolute Gasteiger partial charge is 0.326 e. The van der Waals surface area contributed by atoms with Crippen LogP contribution >= 0.6 is 0 Å². The summed E-state index contributed by atoms with van der Waals surface area (Å²) < 4.78 is 0. The highest BCUT2D eigenvalue weighted by Gasteiger charge is 2.30. The predicted octanol–water partition coefficient (Wildman–Crippen LogP) is -2.37. The molecule has 0 aliphatic carbocycles. The number of carboxylic acids is 1. The Labute approximate surface area is 248 Å². The molecule has 4 atom stereocenters. The van der Waals surface area contributed by atoms with E-state index in [4.69, 9.17) is 28.7 Å². The van der Waals surface area contributed by atoms with Gasteiger partial charge in [0.1, 0.15) is 18.1 Å². The van der Waals surface area contributed by atoms with Crippen molar-refractivity contribution in [2.45, 2.75) is 69.1 Å². The van der Waals surface area contributed by atoms with Crippen LogP contribution in [-0.4, -0.2) is 82.9 Å². The van der Waals surface area contributed by atoms with Gasteiger partial charge in [0, 0.05) is 23.6 Å². The molecule has 1 aromatic heterocycles. The molecule has 4 unspecified atom stereocenters. The monoisotopic (exact) mass is 602 g/mol. The Bertz CT molecular complexity index is 1290. The first-order valence-corrected chi connectivity index (χ1v) is 13.9. The zero-order valence-electron chi connectivity index (χ0n) is 23.9. The molecule has 0 saturated heterocycles. The molecule has 0 bridgehead atoms. The summed E-state index contributed by atoms with van der Waals surface area (Å²) in [5.41, 5.74) is 29.3. The second kappa shape index (κ2) is 17.3. The van der Waals surface area contributed by atoms with E-state index in [1.807, 2.05) is 24.3 Å². The Morgan fingerprint density at radius 2 is 1.47 bits per heavy atom. The summed E-state index contributed by atoms with van der Waals surface area (Å²) in [6, 6.07) is 2.67. The molecule has 2 rings (SSSR count). The molecule has 43 heavy (non-hydrogen) atoms. The van der Waals surface area contributed by atoms with Crippen LogP contribution in [0.25, 0.3) is 10.9 Å². The van der Waals surface area contributed by atoms with Gasteiger partial charge < -0.3 is 54.7 Å². The zero-order chi connectivity index (χ0) is 31.9. The van der Waals surface area contributed by atoms with Gasteiger partial charge in [-0.25, -0.2) is 4.79 Å². The molecule has 0 radical (unpaired) electrons. The maximum atomic E-state index is 13.4. The number of amides is 4. The normalized spacial score (nSPS) is 13.7. The highest BCUT2D eigenvalue weighted by atomic mass is 16.4. The van der Waals surface area contributed by atoms with Crippen LogP contribution in [-0.2, 0) is 30.4 Å². The lowest BCUT2D eigenvalue weighted by molar-refractivity contribution is -0.143. The number of primary amides is 1. The number of carbonyl (C=O) groups is 5. The number of rotatable bonds is 19. The van der Waals surface area contributed by atoms with E-state index in [0.29, 0.717) is 19.4 Å². The summed E-state index contributed by atoms with van der Waals surface area (Å²) in [6.45, 7) is 0.500. The highest BCUT2D eigenvalue weighted by molar-refractivity contribution is 5.95. The van der Waals surface area contributed by atoms with E-state index in [2.05, 4.69) is 25.9 Å². The number of hydrogen-bond acceptors (Lipinski definition) is 8. The molecule has 16 heteroatoms. The average Bonchev–Trinajstić information content (AvgIpc) is 3.35. The van der Waals surface area contributed by atoms with Crippen LogP contribution in [0.4, 0.5) is 0 Å². The van der Waals surface area contributed by atoms with E-state index in [9.17, 15) is 29.1 Å². The standard InChI is InChI=1S/C27H42N10O6/c28-10-4-3-8-19(35-23(39)17(29)12-15-14-34-18-7-2-1-6-16(15)18)24(40)36-20(9-5-11-33-27(31)32)25(41)37-21(26(42)43)13-22(30)38/h1-2,6-7,14,17,19-21,34H,3-5,8-13,28-29H2,(H2,30,38)(H,35,39)(H,36,40)(H,37,41)(H,42,43)(H4,31,32,33). The van der Waals surface area contributed by atoms with Crippen LogP contribution < -0.4 is 44.6 Å². The Kier molecular flexibility index (Phi) is 13.9. The molecule has 4 amide bonds. The molecule has 0 saturated carbocycles. The first kappa shape index (κ1) is 34.5. The number of carboxylic acid groups (broad SMARTS) is 1. The van der Waals surface area contributed by atoms with Gasteiger partial charge in [0.2, 0.25) is 23.6 Å². The molecule has 0 aliphatic rings. The van der Waals surface area contributed by atoms with Crippen LogP contribution in [0, 0.1) is 0 Å². The van der Waals surface area contributed by atoms with Crippen molar-refractivity contribution in [2.24, 2.45) is 33.7 Å². The maximum absolute atomic E-state index is 13.4. The lowest BCUT2D eigenvalue weighted by atomic mass is 10.0. The van der Waals surface area contributed by atoms with Crippen LogP contribution in [0.15, 0.2) is 35.5 Å². The number of aromatic nitrogens is 1. The Hall–Kier alpha value is -4.70. The van der Waals surface area contributed by atoms with Gasteiger partial charge in [-0.3, -0.25) is 24.2 Å². The van der Waals surface area contributed by atoms with Crippen LogP contribution in [0.3, 0.4) is 0 Å². The number of guanidine groups is 1. The molecule has 16 nitrogen and oxygen atoms in total. The predicted molar refractivity (Wildman–Crippen MR) is 160 cm³/mol. The van der Waals surface area contributed by atoms with Gasteiger partial charge in [-0.1, -0.05) is 18.2 Å². The van der Waals surface area contributed by atoms with Crippen LogP contribution in [0.5, 0.6) is 0 Å². The fourth-order valence-electron chi connectivity index (χ4n) is 4.39. The molecule has 0 fully saturated rings. The van der Waals surface area contributed by atoms with E-state index in [-0.39, 0.29) is 38.2 Å². The van der Waals surface area contributed by atoms with E-state index < -0.39 is 60.2 Å². The summed E-state index contributed by atoms with van der Waals surface area (Å²) in [4.78, 5) is 69.4. The number of para-hydroxylation sites is 1. The van der Waals surface area contributed by atoms with Gasteiger partial charge in [0.15, 0.2) is 5.96 Å². The lowest BCUT2D eigenvalue weighted by Gasteiger charge is -2.25. The zero-order valence-corrected chi connectivity index (χ0v) is 23.9. The Balaban J connectivity index is 2.17. The number of nitrogens with one attached hydrogen (secondary N) is 4. The largest absolute Gasteiger partial charge is 0.480 e. The minimum Gasteiger partial charge on any atom is -0.480 e. The third kappa shape index (κ3) is 11.6. The number of aromatic amines is 1. The lowest BCUT2D eigenvalue weighted by Crippen LogP contribution is -2.57. The second-order valence-electron chi connectivity index (χ2n) is 10.1. The van der Waals surface area contributed by atoms with Crippen molar-refractivity contribution in [3.8, 4) is 0 Å². The maximum Gasteiger partial charge on any atom is 0.326 e. The number of aliphatic carboxylic acids is 1. The van der Waals surface area contributed by atoms with Gasteiger partial charge in [0.25, 0.3) is 0 Å². The van der Waals surface area contributed by atoms with Gasteiger partial charge in [0.05, 0.1) is 12.5 Å². The van der Waals surface area contributed by atoms with Crippen molar-refractivity contribution >= 4 is 46.5 Å². The Morgan fingerprint density at radius 1 is 0.860 bits per heavy atom. The number of unbranched alkanes of at least 4 members (excludes halogenated alkanes) is 1.